The smallest absolute Gasteiger partial charge is 0.312 e. The number of fused-ring (bicyclic) bond motifs is 1. The predicted octanol–water partition coefficient (Wildman–Crippen LogP) is 4.09. The molecule has 4 aromatic rings. The van der Waals surface area contributed by atoms with Gasteiger partial charge in [0.05, 0.1) is 21.6 Å². The molecule has 5 rings (SSSR count). The van der Waals surface area contributed by atoms with E-state index in [-0.39, 0.29) is 48.9 Å². The fourth-order valence-corrected chi connectivity index (χ4v) is 5.69. The SMILES string of the molecule is NC(=O)c1cccc(S(=O)(=O)c2ccc(OCC3(F)CCOCC3)c([N+](=O)[O-])c2)c1Oc1cnc2[nH]ccc2c1. The summed E-state index contributed by atoms with van der Waals surface area (Å²) in [6.07, 6.45) is 3.13. The summed E-state index contributed by atoms with van der Waals surface area (Å²) in [6, 6.07) is 10.1. The molecule has 0 atom stereocenters. The van der Waals surface area contributed by atoms with Crippen molar-refractivity contribution in [3.8, 4) is 17.2 Å². The van der Waals surface area contributed by atoms with Crippen molar-refractivity contribution in [1.82, 2.24) is 9.97 Å². The number of rotatable bonds is 9. The number of aromatic nitrogens is 2. The Hall–Kier alpha value is -4.56. The fourth-order valence-electron chi connectivity index (χ4n) is 4.26. The van der Waals surface area contributed by atoms with Crippen molar-refractivity contribution >= 4 is 32.5 Å². The molecule has 0 aliphatic carbocycles. The zero-order valence-electron chi connectivity index (χ0n) is 20.8. The standard InChI is InChI=1S/C26H23FN4O8S/c27-26(7-10-37-11-8-26)15-38-21-5-4-18(13-20(21)31(33)34)40(35,36)22-3-1-2-19(24(28)32)23(22)39-17-12-16-6-9-29-25(16)30-14-17/h1-6,9,12-14H,7-8,10-11,15H2,(H2,28,32)(H,29,30). The summed E-state index contributed by atoms with van der Waals surface area (Å²) in [4.78, 5) is 29.4. The van der Waals surface area contributed by atoms with Gasteiger partial charge in [0.25, 0.3) is 5.91 Å². The second kappa shape index (κ2) is 10.5. The molecule has 3 N–H and O–H groups in total. The van der Waals surface area contributed by atoms with Gasteiger partial charge in [0.1, 0.15) is 28.6 Å². The van der Waals surface area contributed by atoms with Crippen LogP contribution in [0.2, 0.25) is 0 Å². The van der Waals surface area contributed by atoms with Crippen LogP contribution in [0.15, 0.2) is 70.7 Å². The Kier molecular flexibility index (Phi) is 7.12. The van der Waals surface area contributed by atoms with Gasteiger partial charge < -0.3 is 24.9 Å². The number of sulfone groups is 1. The zero-order valence-corrected chi connectivity index (χ0v) is 21.6. The Balaban J connectivity index is 1.52. The largest absolute Gasteiger partial charge is 0.483 e. The van der Waals surface area contributed by atoms with Gasteiger partial charge in [-0.2, -0.15) is 0 Å². The van der Waals surface area contributed by atoms with Crippen LogP contribution in [-0.2, 0) is 14.6 Å². The normalized spacial score (nSPS) is 15.0. The Morgan fingerprint density at radius 1 is 1.20 bits per heavy atom. The lowest BCUT2D eigenvalue weighted by atomic mass is 9.98. The average Bonchev–Trinajstić information content (AvgIpc) is 3.40. The van der Waals surface area contributed by atoms with E-state index in [9.17, 15) is 27.7 Å². The van der Waals surface area contributed by atoms with Gasteiger partial charge in [-0.15, -0.1) is 0 Å². The van der Waals surface area contributed by atoms with E-state index in [4.69, 9.17) is 19.9 Å². The van der Waals surface area contributed by atoms with Crippen LogP contribution < -0.4 is 15.2 Å². The number of primary amides is 1. The molecule has 12 nitrogen and oxygen atoms in total. The van der Waals surface area contributed by atoms with Crippen molar-refractivity contribution in [2.24, 2.45) is 5.73 Å². The topological polar surface area (TPSA) is 177 Å². The molecule has 2 aromatic heterocycles. The molecule has 0 bridgehead atoms. The number of benzene rings is 2. The number of H-pyrrole nitrogens is 1. The number of pyridine rings is 1. The van der Waals surface area contributed by atoms with Crippen molar-refractivity contribution in [3.63, 3.8) is 0 Å². The van der Waals surface area contributed by atoms with Crippen molar-refractivity contribution in [2.75, 3.05) is 19.8 Å². The molecule has 14 heteroatoms. The maximum Gasteiger partial charge on any atom is 0.312 e. The predicted molar refractivity (Wildman–Crippen MR) is 139 cm³/mol. The average molecular weight is 571 g/mol. The Morgan fingerprint density at radius 2 is 1.98 bits per heavy atom. The lowest BCUT2D eigenvalue weighted by molar-refractivity contribution is -0.386. The molecule has 40 heavy (non-hydrogen) atoms. The van der Waals surface area contributed by atoms with Crippen LogP contribution in [0.3, 0.4) is 0 Å². The third-order valence-corrected chi connectivity index (χ3v) is 8.22. The third kappa shape index (κ3) is 5.31. The van der Waals surface area contributed by atoms with Gasteiger partial charge in [-0.05, 0) is 36.4 Å². The van der Waals surface area contributed by atoms with Crippen molar-refractivity contribution in [1.29, 1.82) is 0 Å². The fraction of sp³-hybridized carbons (Fsp3) is 0.231. The van der Waals surface area contributed by atoms with Gasteiger partial charge in [0, 0.05) is 43.7 Å². The van der Waals surface area contributed by atoms with Crippen LogP contribution in [0.4, 0.5) is 10.1 Å². The van der Waals surface area contributed by atoms with Crippen LogP contribution in [0.25, 0.3) is 11.0 Å². The highest BCUT2D eigenvalue weighted by Gasteiger charge is 2.35. The van der Waals surface area contributed by atoms with Gasteiger partial charge in [-0.1, -0.05) is 6.07 Å². The number of halogens is 1. The van der Waals surface area contributed by atoms with Gasteiger partial charge in [-0.3, -0.25) is 14.9 Å². The Morgan fingerprint density at radius 3 is 2.70 bits per heavy atom. The number of nitro benzene ring substituents is 1. The maximum absolute atomic E-state index is 14.9. The zero-order chi connectivity index (χ0) is 28.5. The number of amides is 1. The summed E-state index contributed by atoms with van der Waals surface area (Å²) >= 11 is 0. The molecule has 0 radical (unpaired) electrons. The van der Waals surface area contributed by atoms with Gasteiger partial charge in [0.2, 0.25) is 9.84 Å². The molecular formula is C26H23FN4O8S. The second-order valence-electron chi connectivity index (χ2n) is 9.13. The molecule has 1 saturated heterocycles. The first-order valence-corrected chi connectivity index (χ1v) is 13.5. The number of hydrogen-bond acceptors (Lipinski definition) is 9. The van der Waals surface area contributed by atoms with Crippen LogP contribution in [-0.4, -0.2) is 54.7 Å². The minimum absolute atomic E-state index is 0.0682. The number of carbonyl (C=O) groups excluding carboxylic acids is 1. The number of carbonyl (C=O) groups is 1. The molecule has 1 aliphatic heterocycles. The van der Waals surface area contributed by atoms with Crippen LogP contribution in [0.5, 0.6) is 17.2 Å². The van der Waals surface area contributed by atoms with E-state index < -0.39 is 48.4 Å². The van der Waals surface area contributed by atoms with E-state index in [0.29, 0.717) is 11.0 Å². The molecule has 2 aromatic carbocycles. The molecular weight excluding hydrogens is 547 g/mol. The number of hydrogen-bond donors (Lipinski definition) is 2. The highest BCUT2D eigenvalue weighted by molar-refractivity contribution is 7.91. The first-order chi connectivity index (χ1) is 19.1. The molecule has 0 saturated carbocycles. The number of nitrogens with one attached hydrogen (secondary N) is 1. The summed E-state index contributed by atoms with van der Waals surface area (Å²) in [5.41, 5.74) is 3.44. The number of nitro groups is 1. The molecule has 0 unspecified atom stereocenters. The van der Waals surface area contributed by atoms with E-state index >= 15 is 0 Å². The number of aromatic amines is 1. The van der Waals surface area contributed by atoms with E-state index in [1.54, 1.807) is 18.3 Å². The second-order valence-corrected chi connectivity index (χ2v) is 11.0. The van der Waals surface area contributed by atoms with E-state index in [2.05, 4.69) is 9.97 Å². The first-order valence-electron chi connectivity index (χ1n) is 12.0. The number of alkyl halides is 1. The van der Waals surface area contributed by atoms with Gasteiger partial charge >= 0.3 is 5.69 Å². The summed E-state index contributed by atoms with van der Waals surface area (Å²) in [7, 11) is -4.51. The van der Waals surface area contributed by atoms with E-state index in [0.717, 1.165) is 18.2 Å². The first kappa shape index (κ1) is 27.0. The van der Waals surface area contributed by atoms with Gasteiger partial charge in [-0.25, -0.2) is 17.8 Å². The summed E-state index contributed by atoms with van der Waals surface area (Å²) in [5, 5.41) is 12.5. The Bertz CT molecular complexity index is 1720. The van der Waals surface area contributed by atoms with Crippen molar-refractivity contribution in [3.05, 3.63) is 76.6 Å². The number of para-hydroxylation sites is 1. The number of ether oxygens (including phenoxy) is 3. The molecule has 1 aliphatic rings. The highest BCUT2D eigenvalue weighted by Crippen LogP contribution is 2.39. The summed E-state index contributed by atoms with van der Waals surface area (Å²) < 4.78 is 58.8. The van der Waals surface area contributed by atoms with Crippen LogP contribution >= 0.6 is 0 Å². The molecule has 3 heterocycles. The monoisotopic (exact) mass is 570 g/mol. The number of nitrogens with two attached hydrogens (primary N) is 1. The van der Waals surface area contributed by atoms with Crippen LogP contribution in [0, 0.1) is 10.1 Å². The third-order valence-electron chi connectivity index (χ3n) is 6.44. The van der Waals surface area contributed by atoms with Gasteiger partial charge in [0.15, 0.2) is 11.5 Å². The van der Waals surface area contributed by atoms with Crippen molar-refractivity contribution < 1.29 is 36.7 Å². The minimum atomic E-state index is -4.51. The van der Waals surface area contributed by atoms with E-state index in [1.807, 2.05) is 0 Å². The lowest BCUT2D eigenvalue weighted by Gasteiger charge is -2.29. The molecule has 1 amide bonds. The van der Waals surface area contributed by atoms with Crippen molar-refractivity contribution in [2.45, 2.75) is 28.3 Å². The molecule has 0 spiro atoms. The lowest BCUT2D eigenvalue weighted by Crippen LogP contribution is -2.37. The molecule has 208 valence electrons. The summed E-state index contributed by atoms with van der Waals surface area (Å²) in [6.45, 7) is -0.0620. The molecule has 1 fully saturated rings. The summed E-state index contributed by atoms with van der Waals surface area (Å²) in [5.74, 6) is -1.49. The van der Waals surface area contributed by atoms with Crippen LogP contribution in [0.1, 0.15) is 23.2 Å². The quantitative estimate of drug-likeness (QED) is 0.222. The Labute approximate surface area is 226 Å². The number of nitrogens with zero attached hydrogens (tertiary/aromatic N) is 2. The highest BCUT2D eigenvalue weighted by atomic mass is 32.2. The minimum Gasteiger partial charge on any atom is -0.483 e. The maximum atomic E-state index is 14.9. The van der Waals surface area contributed by atoms with E-state index in [1.165, 1.54) is 24.4 Å².